The Hall–Kier alpha value is -1.87. The molecule has 1 aromatic rings. The Kier molecular flexibility index (Phi) is 5.89. The average Bonchev–Trinajstić information content (AvgIpc) is 2.81. The summed E-state index contributed by atoms with van der Waals surface area (Å²) < 4.78 is 27.8. The number of unbranched alkanes of at least 4 members (excludes halogenated alkanes) is 1. The molecule has 25 heavy (non-hydrogen) atoms. The van der Waals surface area contributed by atoms with E-state index in [-0.39, 0.29) is 10.4 Å². The van der Waals surface area contributed by atoms with Gasteiger partial charge in [0.25, 0.3) is 0 Å². The number of amides is 1. The van der Waals surface area contributed by atoms with Crippen LogP contribution in [0.2, 0.25) is 0 Å². The van der Waals surface area contributed by atoms with Crippen molar-refractivity contribution in [2.24, 2.45) is 11.1 Å². The minimum atomic E-state index is -3.74. The molecule has 1 aliphatic heterocycles. The van der Waals surface area contributed by atoms with Crippen LogP contribution < -0.4 is 9.88 Å². The molecule has 1 amide bonds. The van der Waals surface area contributed by atoms with E-state index in [4.69, 9.17) is 9.88 Å². The number of aromatic nitrogens is 1. The molecule has 1 atom stereocenters. The number of carboxylic acid groups (broad SMARTS) is 1. The summed E-state index contributed by atoms with van der Waals surface area (Å²) >= 11 is 0. The maximum atomic E-state index is 11.2. The minimum absolute atomic E-state index is 0.0494. The Morgan fingerprint density at radius 3 is 2.68 bits per heavy atom. The molecule has 0 aliphatic carbocycles. The van der Waals surface area contributed by atoms with Crippen LogP contribution in [0.4, 0.5) is 4.79 Å². The first-order chi connectivity index (χ1) is 11.6. The fraction of sp³-hybridized carbons (Fsp3) is 0.625. The number of hydrogen-bond donors (Lipinski definition) is 2. The first kappa shape index (κ1) is 19.5. The molecule has 1 unspecified atom stereocenters. The highest BCUT2D eigenvalue weighted by atomic mass is 32.2. The number of carbonyl (C=O) groups is 1. The maximum absolute atomic E-state index is 11.2. The van der Waals surface area contributed by atoms with Gasteiger partial charge in [-0.3, -0.25) is 0 Å². The van der Waals surface area contributed by atoms with Crippen molar-refractivity contribution in [1.29, 1.82) is 0 Å². The quantitative estimate of drug-likeness (QED) is 0.707. The third kappa shape index (κ3) is 5.30. The number of likely N-dealkylation sites (tertiary alicyclic amines) is 1. The lowest BCUT2D eigenvalue weighted by atomic mass is 9.93. The summed E-state index contributed by atoms with van der Waals surface area (Å²) in [4.78, 5) is 16.6. The van der Waals surface area contributed by atoms with Crippen molar-refractivity contribution in [2.45, 2.75) is 50.0 Å². The maximum Gasteiger partial charge on any atom is 0.407 e. The summed E-state index contributed by atoms with van der Waals surface area (Å²) in [5.41, 5.74) is -0.304. The number of nitrogens with two attached hydrogens (primary N) is 1. The first-order valence-electron chi connectivity index (χ1n) is 8.22. The van der Waals surface area contributed by atoms with Crippen LogP contribution in [0.25, 0.3) is 0 Å². The molecule has 1 aliphatic rings. The van der Waals surface area contributed by atoms with Crippen LogP contribution in [-0.4, -0.2) is 48.2 Å². The summed E-state index contributed by atoms with van der Waals surface area (Å²) in [6, 6.07) is 2.84. The summed E-state index contributed by atoms with van der Waals surface area (Å²) in [5, 5.41) is 14.2. The van der Waals surface area contributed by atoms with Crippen LogP contribution in [-0.2, 0) is 10.0 Å². The normalized spacial score (nSPS) is 19.8. The van der Waals surface area contributed by atoms with E-state index in [1.54, 1.807) is 0 Å². The fourth-order valence-electron chi connectivity index (χ4n) is 3.25. The number of sulfonamides is 1. The molecule has 2 rings (SSSR count). The lowest BCUT2D eigenvalue weighted by molar-refractivity contribution is 0.117. The van der Waals surface area contributed by atoms with E-state index in [2.05, 4.69) is 4.98 Å². The van der Waals surface area contributed by atoms with Crippen molar-refractivity contribution in [3.05, 3.63) is 18.3 Å². The van der Waals surface area contributed by atoms with Gasteiger partial charge in [-0.1, -0.05) is 0 Å². The topological polar surface area (TPSA) is 123 Å². The fourth-order valence-corrected chi connectivity index (χ4v) is 3.71. The highest BCUT2D eigenvalue weighted by Crippen LogP contribution is 2.35. The van der Waals surface area contributed by atoms with Crippen molar-refractivity contribution in [3.63, 3.8) is 0 Å². The molecule has 8 nitrogen and oxygen atoms in total. The zero-order chi connectivity index (χ0) is 18.7. The number of rotatable bonds is 7. The molecule has 1 aromatic heterocycles. The second-order valence-corrected chi connectivity index (χ2v) is 8.56. The molecule has 0 radical (unpaired) electrons. The van der Waals surface area contributed by atoms with Crippen LogP contribution in [0.3, 0.4) is 0 Å². The molecular formula is C16H25N3O5S. The van der Waals surface area contributed by atoms with E-state index in [1.165, 1.54) is 23.2 Å². The first-order valence-corrected chi connectivity index (χ1v) is 9.76. The Balaban J connectivity index is 1.70. The van der Waals surface area contributed by atoms with Crippen LogP contribution >= 0.6 is 0 Å². The molecule has 9 heteroatoms. The summed E-state index contributed by atoms with van der Waals surface area (Å²) in [7, 11) is -3.74. The third-order valence-corrected chi connectivity index (χ3v) is 5.38. The van der Waals surface area contributed by atoms with Crippen molar-refractivity contribution < 1.29 is 23.1 Å². The predicted octanol–water partition coefficient (Wildman–Crippen LogP) is 2.06. The van der Waals surface area contributed by atoms with Gasteiger partial charge >= 0.3 is 6.09 Å². The molecule has 0 aromatic carbocycles. The zero-order valence-electron chi connectivity index (χ0n) is 14.5. The van der Waals surface area contributed by atoms with Gasteiger partial charge in [-0.2, -0.15) is 0 Å². The number of hydrogen-bond acceptors (Lipinski definition) is 5. The number of primary sulfonamides is 1. The van der Waals surface area contributed by atoms with Crippen LogP contribution in [0.5, 0.6) is 5.88 Å². The van der Waals surface area contributed by atoms with Gasteiger partial charge in [-0.15, -0.1) is 0 Å². The summed E-state index contributed by atoms with van der Waals surface area (Å²) in [6.07, 6.45) is 3.90. The third-order valence-electron chi connectivity index (χ3n) is 4.48. The van der Waals surface area contributed by atoms with Crippen molar-refractivity contribution >= 4 is 16.1 Å². The molecule has 1 saturated heterocycles. The Labute approximate surface area is 148 Å². The Morgan fingerprint density at radius 1 is 1.44 bits per heavy atom. The smallest absolute Gasteiger partial charge is 0.407 e. The van der Waals surface area contributed by atoms with Gasteiger partial charge in [0.05, 0.1) is 12.8 Å². The van der Waals surface area contributed by atoms with E-state index < -0.39 is 16.1 Å². The van der Waals surface area contributed by atoms with E-state index in [1.807, 2.05) is 13.8 Å². The highest BCUT2D eigenvalue weighted by molar-refractivity contribution is 7.89. The van der Waals surface area contributed by atoms with E-state index in [9.17, 15) is 18.3 Å². The average molecular weight is 371 g/mol. The SMILES string of the molecule is CC1(C)CC(CCCCOc2ccc(S(N)(=O)=O)cn2)CN1C(=O)O. The summed E-state index contributed by atoms with van der Waals surface area (Å²) in [5.74, 6) is 0.727. The monoisotopic (exact) mass is 371 g/mol. The van der Waals surface area contributed by atoms with Crippen LogP contribution in [0.15, 0.2) is 23.2 Å². The zero-order valence-corrected chi connectivity index (χ0v) is 15.3. The highest BCUT2D eigenvalue weighted by Gasteiger charge is 2.40. The molecule has 3 N–H and O–H groups in total. The van der Waals surface area contributed by atoms with E-state index in [0.29, 0.717) is 24.9 Å². The lowest BCUT2D eigenvalue weighted by Crippen LogP contribution is -2.41. The minimum Gasteiger partial charge on any atom is -0.478 e. The lowest BCUT2D eigenvalue weighted by Gasteiger charge is -2.28. The number of ether oxygens (including phenoxy) is 1. The van der Waals surface area contributed by atoms with Gasteiger partial charge in [-0.05, 0) is 51.5 Å². The molecule has 140 valence electrons. The Morgan fingerprint density at radius 2 is 2.16 bits per heavy atom. The molecule has 0 bridgehead atoms. The van der Waals surface area contributed by atoms with Gasteiger partial charge in [0.15, 0.2) is 0 Å². The molecule has 2 heterocycles. The number of pyridine rings is 1. The molecular weight excluding hydrogens is 346 g/mol. The van der Waals surface area contributed by atoms with Gasteiger partial charge in [-0.25, -0.2) is 23.3 Å². The van der Waals surface area contributed by atoms with Gasteiger partial charge < -0.3 is 14.7 Å². The van der Waals surface area contributed by atoms with Crippen LogP contribution in [0, 0.1) is 5.92 Å². The molecule has 0 saturated carbocycles. The van der Waals surface area contributed by atoms with Crippen LogP contribution in [0.1, 0.15) is 39.5 Å². The van der Waals surface area contributed by atoms with Crippen molar-refractivity contribution in [3.8, 4) is 5.88 Å². The van der Waals surface area contributed by atoms with Crippen molar-refractivity contribution in [1.82, 2.24) is 9.88 Å². The molecule has 0 spiro atoms. The van der Waals surface area contributed by atoms with E-state index >= 15 is 0 Å². The predicted molar refractivity (Wildman–Crippen MR) is 91.9 cm³/mol. The second kappa shape index (κ2) is 7.57. The standard InChI is InChI=1S/C16H25N3O5S/c1-16(2)9-12(11-19(16)15(20)21)5-3-4-8-24-14-7-6-13(10-18-14)25(17,22)23/h6-7,10,12H,3-5,8-9,11H2,1-2H3,(H,20,21)(H2,17,22,23). The Bertz CT molecular complexity index is 703. The second-order valence-electron chi connectivity index (χ2n) is 7.00. The van der Waals surface area contributed by atoms with Gasteiger partial charge in [0, 0.05) is 18.2 Å². The summed E-state index contributed by atoms with van der Waals surface area (Å²) in [6.45, 7) is 4.97. The van der Waals surface area contributed by atoms with Crippen molar-refractivity contribution in [2.75, 3.05) is 13.2 Å². The van der Waals surface area contributed by atoms with Gasteiger partial charge in [0.1, 0.15) is 4.90 Å². The van der Waals surface area contributed by atoms with E-state index in [0.717, 1.165) is 25.7 Å². The largest absolute Gasteiger partial charge is 0.478 e. The van der Waals surface area contributed by atoms with Gasteiger partial charge in [0.2, 0.25) is 15.9 Å². The number of nitrogens with zero attached hydrogens (tertiary/aromatic N) is 2. The molecule has 1 fully saturated rings.